The molecule has 0 spiro atoms. The summed E-state index contributed by atoms with van der Waals surface area (Å²) >= 11 is 3.07. The molecule has 0 amide bonds. The summed E-state index contributed by atoms with van der Waals surface area (Å²) in [6, 6.07) is 2.68. The van der Waals surface area contributed by atoms with Crippen LogP contribution in [0.5, 0.6) is 0 Å². The zero-order valence-corrected chi connectivity index (χ0v) is 12.0. The third-order valence-electron chi connectivity index (χ3n) is 2.89. The number of halogens is 3. The highest BCUT2D eigenvalue weighted by Gasteiger charge is 2.15. The van der Waals surface area contributed by atoms with Gasteiger partial charge in [-0.05, 0) is 41.0 Å². The average Bonchev–Trinajstić information content (AvgIpc) is 2.29. The minimum Gasteiger partial charge on any atom is -0.302 e. The maximum absolute atomic E-state index is 13.7. The highest BCUT2D eigenvalue weighted by molar-refractivity contribution is 9.10. The van der Waals surface area contributed by atoms with Gasteiger partial charge in [0.25, 0.3) is 0 Å². The van der Waals surface area contributed by atoms with E-state index < -0.39 is 11.6 Å². The molecule has 17 heavy (non-hydrogen) atoms. The van der Waals surface area contributed by atoms with Gasteiger partial charge >= 0.3 is 0 Å². The van der Waals surface area contributed by atoms with Crippen LogP contribution >= 0.6 is 15.9 Å². The van der Waals surface area contributed by atoms with E-state index >= 15 is 0 Å². The minimum absolute atomic E-state index is 0.130. The van der Waals surface area contributed by atoms with Crippen molar-refractivity contribution in [1.82, 2.24) is 4.90 Å². The summed E-state index contributed by atoms with van der Waals surface area (Å²) in [7, 11) is 1.88. The summed E-state index contributed by atoms with van der Waals surface area (Å²) in [6.07, 6.45) is 1.06. The molecule has 1 aromatic carbocycles. The highest BCUT2D eigenvalue weighted by atomic mass is 79.9. The first-order valence-corrected chi connectivity index (χ1v) is 6.55. The summed E-state index contributed by atoms with van der Waals surface area (Å²) in [6.45, 7) is 5.37. The van der Waals surface area contributed by atoms with Gasteiger partial charge in [0.05, 0.1) is 4.47 Å². The van der Waals surface area contributed by atoms with E-state index in [1.807, 2.05) is 11.9 Å². The van der Waals surface area contributed by atoms with Crippen LogP contribution in [-0.2, 0) is 6.54 Å². The molecule has 0 bridgehead atoms. The van der Waals surface area contributed by atoms with Crippen molar-refractivity contribution in [2.45, 2.75) is 26.8 Å². The van der Waals surface area contributed by atoms with Crippen LogP contribution < -0.4 is 0 Å². The van der Waals surface area contributed by atoms with Crippen LogP contribution in [0.2, 0.25) is 0 Å². The molecular formula is C13H18BrF2N. The predicted molar refractivity (Wildman–Crippen MR) is 69.8 cm³/mol. The van der Waals surface area contributed by atoms with Gasteiger partial charge in [-0.3, -0.25) is 0 Å². The first-order valence-electron chi connectivity index (χ1n) is 5.76. The molecule has 0 aliphatic rings. The van der Waals surface area contributed by atoms with Crippen LogP contribution in [0.25, 0.3) is 0 Å². The molecule has 0 N–H and O–H groups in total. The van der Waals surface area contributed by atoms with Gasteiger partial charge in [-0.2, -0.15) is 0 Å². The van der Waals surface area contributed by atoms with Crippen molar-refractivity contribution >= 4 is 15.9 Å². The number of hydrogen-bond acceptors (Lipinski definition) is 1. The lowest BCUT2D eigenvalue weighted by atomic mass is 10.1. The van der Waals surface area contributed by atoms with Gasteiger partial charge in [-0.15, -0.1) is 0 Å². The predicted octanol–water partition coefficient (Wildman–Crippen LogP) is 4.21. The lowest BCUT2D eigenvalue weighted by Crippen LogP contribution is -2.24. The number of benzene rings is 1. The topological polar surface area (TPSA) is 3.24 Å². The summed E-state index contributed by atoms with van der Waals surface area (Å²) in [5, 5.41) is 0. The van der Waals surface area contributed by atoms with Gasteiger partial charge in [-0.1, -0.05) is 20.3 Å². The fourth-order valence-electron chi connectivity index (χ4n) is 1.71. The quantitative estimate of drug-likeness (QED) is 0.737. The molecule has 1 aromatic rings. The highest BCUT2D eigenvalue weighted by Crippen LogP contribution is 2.22. The van der Waals surface area contributed by atoms with Crippen LogP contribution in [-0.4, -0.2) is 18.5 Å². The molecule has 0 fully saturated rings. The first-order chi connectivity index (χ1) is 7.95. The van der Waals surface area contributed by atoms with Crippen LogP contribution in [0, 0.1) is 17.6 Å². The Kier molecular flexibility index (Phi) is 5.53. The zero-order valence-electron chi connectivity index (χ0n) is 10.4. The van der Waals surface area contributed by atoms with Gasteiger partial charge in [-0.25, -0.2) is 8.78 Å². The van der Waals surface area contributed by atoms with Crippen molar-refractivity contribution in [2.24, 2.45) is 5.92 Å². The van der Waals surface area contributed by atoms with Crippen LogP contribution in [0.1, 0.15) is 25.8 Å². The number of rotatable bonds is 5. The van der Waals surface area contributed by atoms with Crippen LogP contribution in [0.3, 0.4) is 0 Å². The van der Waals surface area contributed by atoms with Crippen molar-refractivity contribution in [1.29, 1.82) is 0 Å². The summed E-state index contributed by atoms with van der Waals surface area (Å²) in [4.78, 5) is 1.95. The van der Waals surface area contributed by atoms with E-state index in [-0.39, 0.29) is 5.56 Å². The summed E-state index contributed by atoms with van der Waals surface area (Å²) in [5.41, 5.74) is 0.130. The average molecular weight is 306 g/mol. The molecule has 0 radical (unpaired) electrons. The Morgan fingerprint density at radius 3 is 2.59 bits per heavy atom. The second-order valence-electron chi connectivity index (χ2n) is 4.53. The van der Waals surface area contributed by atoms with Crippen LogP contribution in [0.15, 0.2) is 16.6 Å². The van der Waals surface area contributed by atoms with E-state index in [0.717, 1.165) is 13.0 Å². The van der Waals surface area contributed by atoms with Gasteiger partial charge in [0, 0.05) is 18.7 Å². The molecule has 1 unspecified atom stereocenters. The molecule has 0 aliphatic carbocycles. The van der Waals surface area contributed by atoms with Crippen molar-refractivity contribution in [3.63, 3.8) is 0 Å². The molecule has 0 saturated carbocycles. The molecule has 0 aliphatic heterocycles. The summed E-state index contributed by atoms with van der Waals surface area (Å²) in [5.74, 6) is -0.457. The lowest BCUT2D eigenvalue weighted by molar-refractivity contribution is 0.267. The molecule has 0 heterocycles. The second kappa shape index (κ2) is 6.45. The number of hydrogen-bond donors (Lipinski definition) is 0. The van der Waals surface area contributed by atoms with E-state index in [1.165, 1.54) is 12.1 Å². The van der Waals surface area contributed by atoms with E-state index in [4.69, 9.17) is 0 Å². The van der Waals surface area contributed by atoms with Gasteiger partial charge < -0.3 is 4.90 Å². The Morgan fingerprint density at radius 2 is 2.00 bits per heavy atom. The third kappa shape index (κ3) is 4.03. The Hall–Kier alpha value is -0.480. The van der Waals surface area contributed by atoms with E-state index in [9.17, 15) is 8.78 Å². The normalized spacial score (nSPS) is 13.1. The molecule has 0 saturated heterocycles. The van der Waals surface area contributed by atoms with Gasteiger partial charge in [0.1, 0.15) is 11.6 Å². The molecule has 1 nitrogen and oxygen atoms in total. The van der Waals surface area contributed by atoms with Crippen molar-refractivity contribution in [3.05, 3.63) is 33.8 Å². The minimum atomic E-state index is -0.499. The molecule has 0 aromatic heterocycles. The largest absolute Gasteiger partial charge is 0.302 e. The van der Waals surface area contributed by atoms with Crippen molar-refractivity contribution < 1.29 is 8.78 Å². The molecule has 96 valence electrons. The van der Waals surface area contributed by atoms with Gasteiger partial charge in [0.15, 0.2) is 0 Å². The monoisotopic (exact) mass is 305 g/mol. The fourth-order valence-corrected chi connectivity index (χ4v) is 2.08. The Morgan fingerprint density at radius 1 is 1.35 bits per heavy atom. The molecule has 1 atom stereocenters. The fraction of sp³-hybridized carbons (Fsp3) is 0.538. The van der Waals surface area contributed by atoms with E-state index in [1.54, 1.807) is 0 Å². The smallest absolute Gasteiger partial charge is 0.144 e. The summed E-state index contributed by atoms with van der Waals surface area (Å²) < 4.78 is 27.6. The maximum atomic E-state index is 13.7. The van der Waals surface area contributed by atoms with Crippen molar-refractivity contribution in [3.8, 4) is 0 Å². The van der Waals surface area contributed by atoms with Gasteiger partial charge in [0.2, 0.25) is 0 Å². The Bertz CT molecular complexity index is 382. The first kappa shape index (κ1) is 14.6. The Labute approximate surface area is 110 Å². The van der Waals surface area contributed by atoms with E-state index in [2.05, 4.69) is 29.8 Å². The second-order valence-corrected chi connectivity index (χ2v) is 5.39. The van der Waals surface area contributed by atoms with Crippen molar-refractivity contribution in [2.75, 3.05) is 13.6 Å². The molecular weight excluding hydrogens is 288 g/mol. The standard InChI is InChI=1S/C13H18BrF2N/c1-4-9(2)7-17(3)8-10-12(15)6-5-11(14)13(10)16/h5-6,9H,4,7-8H2,1-3H3. The molecule has 4 heteroatoms. The number of nitrogens with zero attached hydrogens (tertiary/aromatic N) is 1. The Balaban J connectivity index is 2.77. The zero-order chi connectivity index (χ0) is 13.0. The molecule has 1 rings (SSSR count). The third-order valence-corrected chi connectivity index (χ3v) is 3.50. The SMILES string of the molecule is CCC(C)CN(C)Cc1c(F)ccc(Br)c1F. The maximum Gasteiger partial charge on any atom is 0.144 e. The van der Waals surface area contributed by atoms with E-state index in [0.29, 0.717) is 16.9 Å². The van der Waals surface area contributed by atoms with Crippen LogP contribution in [0.4, 0.5) is 8.78 Å². The lowest BCUT2D eigenvalue weighted by Gasteiger charge is -2.21.